The Bertz CT molecular complexity index is 742. The molecular weight excluding hydrogens is 322 g/mol. The number of thiophene rings is 1. The summed E-state index contributed by atoms with van der Waals surface area (Å²) in [7, 11) is 0. The molecule has 2 aromatic rings. The van der Waals surface area contributed by atoms with Crippen LogP contribution in [-0.2, 0) is 0 Å². The molecule has 2 saturated heterocycles. The van der Waals surface area contributed by atoms with Gasteiger partial charge in [0.15, 0.2) is 0 Å². The Kier molecular flexibility index (Phi) is 3.98. The van der Waals surface area contributed by atoms with Crippen molar-refractivity contribution in [3.8, 4) is 0 Å². The zero-order valence-corrected chi connectivity index (χ0v) is 14.1. The lowest BCUT2D eigenvalue weighted by Gasteiger charge is -2.24. The van der Waals surface area contributed by atoms with E-state index < -0.39 is 0 Å². The van der Waals surface area contributed by atoms with Crippen LogP contribution in [0.15, 0.2) is 41.8 Å². The number of hydrogen-bond donors (Lipinski definition) is 1. The molecule has 0 unspecified atom stereocenters. The van der Waals surface area contributed by atoms with Crippen LogP contribution in [0.4, 0.5) is 10.5 Å². The molecule has 1 aromatic carbocycles. The average Bonchev–Trinajstić information content (AvgIpc) is 3.35. The molecule has 1 N–H and O–H groups in total. The topological polar surface area (TPSA) is 52.7 Å². The van der Waals surface area contributed by atoms with E-state index in [1.165, 1.54) is 4.88 Å². The first kappa shape index (κ1) is 15.2. The van der Waals surface area contributed by atoms with E-state index in [1.54, 1.807) is 16.2 Å². The fourth-order valence-electron chi connectivity index (χ4n) is 3.45. The maximum atomic E-state index is 12.9. The Morgan fingerprint density at radius 1 is 1.17 bits per heavy atom. The summed E-state index contributed by atoms with van der Waals surface area (Å²) in [6.45, 7) is 2.13. The second-order valence-electron chi connectivity index (χ2n) is 6.10. The van der Waals surface area contributed by atoms with Gasteiger partial charge in [-0.2, -0.15) is 0 Å². The number of amides is 3. The van der Waals surface area contributed by atoms with Crippen molar-refractivity contribution in [3.05, 3.63) is 52.2 Å². The molecule has 6 heteroatoms. The molecule has 3 amide bonds. The van der Waals surface area contributed by atoms with Gasteiger partial charge in [-0.1, -0.05) is 6.07 Å². The summed E-state index contributed by atoms with van der Waals surface area (Å²) in [5.74, 6) is 0.0725. The first-order chi connectivity index (χ1) is 11.7. The summed E-state index contributed by atoms with van der Waals surface area (Å²) in [5.41, 5.74) is 1.51. The maximum Gasteiger partial charge on any atom is 0.321 e. The van der Waals surface area contributed by atoms with Crippen LogP contribution in [0.1, 0.15) is 34.1 Å². The van der Waals surface area contributed by atoms with Crippen LogP contribution in [0.2, 0.25) is 0 Å². The van der Waals surface area contributed by atoms with Gasteiger partial charge in [0.2, 0.25) is 0 Å². The zero-order chi connectivity index (χ0) is 16.5. The SMILES string of the molecule is O=C1NCCN1c1ccc(C(=O)N2CCC[C@@H]2c2cccs2)cc1. The Morgan fingerprint density at radius 2 is 2.00 bits per heavy atom. The lowest BCUT2D eigenvalue weighted by molar-refractivity contribution is 0.0738. The van der Waals surface area contributed by atoms with Gasteiger partial charge in [-0.15, -0.1) is 11.3 Å². The van der Waals surface area contributed by atoms with Crippen LogP contribution >= 0.6 is 11.3 Å². The largest absolute Gasteiger partial charge is 0.336 e. The van der Waals surface area contributed by atoms with Crippen LogP contribution in [0.3, 0.4) is 0 Å². The molecule has 1 atom stereocenters. The van der Waals surface area contributed by atoms with Crippen molar-refractivity contribution in [1.82, 2.24) is 10.2 Å². The number of carbonyl (C=O) groups is 2. The minimum atomic E-state index is -0.0774. The molecular formula is C18H19N3O2S. The Balaban J connectivity index is 1.53. The van der Waals surface area contributed by atoms with Crippen LogP contribution in [-0.4, -0.2) is 36.5 Å². The maximum absolute atomic E-state index is 12.9. The first-order valence-corrected chi connectivity index (χ1v) is 9.12. The van der Waals surface area contributed by atoms with E-state index in [0.29, 0.717) is 18.7 Å². The van der Waals surface area contributed by atoms with E-state index in [9.17, 15) is 9.59 Å². The highest BCUT2D eigenvalue weighted by molar-refractivity contribution is 7.10. The molecule has 5 nitrogen and oxygen atoms in total. The number of likely N-dealkylation sites (tertiary alicyclic amines) is 1. The smallest absolute Gasteiger partial charge is 0.321 e. The molecule has 1 aromatic heterocycles. The van der Waals surface area contributed by atoms with Gasteiger partial charge in [-0.05, 0) is 48.6 Å². The van der Waals surface area contributed by atoms with E-state index in [1.807, 2.05) is 35.2 Å². The fourth-order valence-corrected chi connectivity index (χ4v) is 4.33. The van der Waals surface area contributed by atoms with Crippen LogP contribution < -0.4 is 10.2 Å². The fraction of sp³-hybridized carbons (Fsp3) is 0.333. The Labute approximate surface area is 144 Å². The van der Waals surface area contributed by atoms with E-state index in [0.717, 1.165) is 25.1 Å². The molecule has 24 heavy (non-hydrogen) atoms. The van der Waals surface area contributed by atoms with Crippen molar-refractivity contribution in [1.29, 1.82) is 0 Å². The summed E-state index contributed by atoms with van der Waals surface area (Å²) in [5, 5.41) is 4.85. The highest BCUT2D eigenvalue weighted by Gasteiger charge is 2.31. The van der Waals surface area contributed by atoms with Gasteiger partial charge in [0.25, 0.3) is 5.91 Å². The lowest BCUT2D eigenvalue weighted by Crippen LogP contribution is -2.30. The van der Waals surface area contributed by atoms with E-state index in [2.05, 4.69) is 16.8 Å². The number of rotatable bonds is 3. The van der Waals surface area contributed by atoms with Crippen molar-refractivity contribution in [2.45, 2.75) is 18.9 Å². The Hall–Kier alpha value is -2.34. The molecule has 0 spiro atoms. The number of anilines is 1. The first-order valence-electron chi connectivity index (χ1n) is 8.24. The van der Waals surface area contributed by atoms with E-state index in [4.69, 9.17) is 0 Å². The number of urea groups is 1. The van der Waals surface area contributed by atoms with E-state index >= 15 is 0 Å². The van der Waals surface area contributed by atoms with Crippen LogP contribution in [0.5, 0.6) is 0 Å². The summed E-state index contributed by atoms with van der Waals surface area (Å²) in [4.78, 5) is 29.5. The lowest BCUT2D eigenvalue weighted by atomic mass is 10.1. The number of nitrogens with one attached hydrogen (secondary N) is 1. The van der Waals surface area contributed by atoms with Gasteiger partial charge in [-0.25, -0.2) is 4.79 Å². The van der Waals surface area contributed by atoms with Crippen molar-refractivity contribution >= 4 is 29.0 Å². The minimum absolute atomic E-state index is 0.0725. The third-order valence-corrected chi connectivity index (χ3v) is 5.64. The van der Waals surface area contributed by atoms with E-state index in [-0.39, 0.29) is 18.0 Å². The molecule has 2 aliphatic rings. The number of nitrogens with zero attached hydrogens (tertiary/aromatic N) is 2. The third kappa shape index (κ3) is 2.67. The number of benzene rings is 1. The number of hydrogen-bond acceptors (Lipinski definition) is 3. The van der Waals surface area contributed by atoms with Crippen LogP contribution in [0, 0.1) is 0 Å². The number of carbonyl (C=O) groups excluding carboxylic acids is 2. The molecule has 2 aliphatic heterocycles. The predicted octanol–water partition coefficient (Wildman–Crippen LogP) is 3.26. The van der Waals surface area contributed by atoms with Crippen molar-refractivity contribution in [2.75, 3.05) is 24.5 Å². The van der Waals surface area contributed by atoms with Gasteiger partial charge in [0, 0.05) is 35.8 Å². The monoisotopic (exact) mass is 341 g/mol. The standard InChI is InChI=1S/C18H19N3O2S/c22-17(21-10-1-3-15(21)16-4-2-12-24-16)13-5-7-14(8-6-13)20-11-9-19-18(20)23/h2,4-8,12,15H,1,3,9-11H2,(H,19,23)/t15-/m1/s1. The van der Waals surface area contributed by atoms with Gasteiger partial charge in [-0.3, -0.25) is 9.69 Å². The third-order valence-electron chi connectivity index (χ3n) is 4.67. The molecule has 2 fully saturated rings. The molecule has 0 aliphatic carbocycles. The highest BCUT2D eigenvalue weighted by atomic mass is 32.1. The summed E-state index contributed by atoms with van der Waals surface area (Å²) >= 11 is 1.71. The molecule has 3 heterocycles. The van der Waals surface area contributed by atoms with Gasteiger partial charge >= 0.3 is 6.03 Å². The summed E-state index contributed by atoms with van der Waals surface area (Å²) < 4.78 is 0. The molecule has 0 radical (unpaired) electrons. The molecule has 124 valence electrons. The van der Waals surface area contributed by atoms with Crippen molar-refractivity contribution in [3.63, 3.8) is 0 Å². The molecule has 0 saturated carbocycles. The van der Waals surface area contributed by atoms with Gasteiger partial charge in [0.05, 0.1) is 6.04 Å². The second kappa shape index (κ2) is 6.28. The normalized spacial score (nSPS) is 20.5. The second-order valence-corrected chi connectivity index (χ2v) is 7.08. The summed E-state index contributed by atoms with van der Waals surface area (Å²) in [6.07, 6.45) is 2.07. The predicted molar refractivity (Wildman–Crippen MR) is 94.5 cm³/mol. The minimum Gasteiger partial charge on any atom is -0.336 e. The van der Waals surface area contributed by atoms with Gasteiger partial charge in [0.1, 0.15) is 0 Å². The van der Waals surface area contributed by atoms with Crippen molar-refractivity contribution in [2.24, 2.45) is 0 Å². The van der Waals surface area contributed by atoms with Gasteiger partial charge < -0.3 is 10.2 Å². The average molecular weight is 341 g/mol. The summed E-state index contributed by atoms with van der Waals surface area (Å²) in [6, 6.07) is 11.6. The quantitative estimate of drug-likeness (QED) is 0.932. The molecule has 4 rings (SSSR count). The zero-order valence-electron chi connectivity index (χ0n) is 13.3. The van der Waals surface area contributed by atoms with Crippen molar-refractivity contribution < 1.29 is 9.59 Å². The highest BCUT2D eigenvalue weighted by Crippen LogP contribution is 2.35. The Morgan fingerprint density at radius 3 is 2.67 bits per heavy atom. The molecule has 0 bridgehead atoms. The van der Waals surface area contributed by atoms with Crippen LogP contribution in [0.25, 0.3) is 0 Å².